The molecule has 2 N–H and O–H groups in total. The summed E-state index contributed by atoms with van der Waals surface area (Å²) in [7, 11) is -1.86. The summed E-state index contributed by atoms with van der Waals surface area (Å²) in [6.45, 7) is 0. The van der Waals surface area contributed by atoms with E-state index in [0.717, 1.165) is 0 Å². The predicted molar refractivity (Wildman–Crippen MR) is 44.2 cm³/mol. The standard InChI is InChI=1S/C7H5BN2O3/c9-3-5-1-2-10-6(4-11)7(5)8(12)13/h1-2,4,12-13H. The topological polar surface area (TPSA) is 94.2 Å². The van der Waals surface area contributed by atoms with E-state index in [1.807, 2.05) is 0 Å². The van der Waals surface area contributed by atoms with E-state index in [9.17, 15) is 4.79 Å². The van der Waals surface area contributed by atoms with Crippen molar-refractivity contribution < 1.29 is 14.8 Å². The number of aromatic nitrogens is 1. The Labute approximate surface area is 74.4 Å². The summed E-state index contributed by atoms with van der Waals surface area (Å²) in [4.78, 5) is 14.0. The molecule has 0 aliphatic heterocycles. The van der Waals surface area contributed by atoms with Gasteiger partial charge in [-0.1, -0.05) is 0 Å². The van der Waals surface area contributed by atoms with Crippen LogP contribution >= 0.6 is 0 Å². The molecule has 13 heavy (non-hydrogen) atoms. The van der Waals surface area contributed by atoms with Crippen LogP contribution in [-0.4, -0.2) is 28.4 Å². The summed E-state index contributed by atoms with van der Waals surface area (Å²) in [5.74, 6) is 0. The number of aldehydes is 1. The maximum atomic E-state index is 10.4. The van der Waals surface area contributed by atoms with Gasteiger partial charge in [0.15, 0.2) is 6.29 Å². The molecule has 0 aromatic carbocycles. The fourth-order valence-corrected chi connectivity index (χ4v) is 0.952. The second-order valence-corrected chi connectivity index (χ2v) is 2.26. The third-order valence-electron chi connectivity index (χ3n) is 1.51. The summed E-state index contributed by atoms with van der Waals surface area (Å²) < 4.78 is 0. The molecule has 0 amide bonds. The molecule has 1 heterocycles. The molecule has 0 radical (unpaired) electrons. The van der Waals surface area contributed by atoms with Crippen molar-refractivity contribution in [1.29, 1.82) is 5.26 Å². The smallest absolute Gasteiger partial charge is 0.423 e. The van der Waals surface area contributed by atoms with Gasteiger partial charge in [0.1, 0.15) is 5.69 Å². The van der Waals surface area contributed by atoms with Gasteiger partial charge in [-0.05, 0) is 6.07 Å². The minimum absolute atomic E-state index is 0.0344. The van der Waals surface area contributed by atoms with Gasteiger partial charge in [-0.15, -0.1) is 0 Å². The quantitative estimate of drug-likeness (QED) is 0.420. The van der Waals surface area contributed by atoms with Gasteiger partial charge in [-0.25, -0.2) is 0 Å². The van der Waals surface area contributed by atoms with Crippen molar-refractivity contribution in [2.45, 2.75) is 0 Å². The Kier molecular flexibility index (Phi) is 2.74. The second kappa shape index (κ2) is 3.80. The Morgan fingerprint density at radius 1 is 1.62 bits per heavy atom. The average molecular weight is 176 g/mol. The zero-order valence-electron chi connectivity index (χ0n) is 6.51. The van der Waals surface area contributed by atoms with Crippen LogP contribution < -0.4 is 5.46 Å². The van der Waals surface area contributed by atoms with Gasteiger partial charge in [0, 0.05) is 11.7 Å². The van der Waals surface area contributed by atoms with E-state index in [1.54, 1.807) is 6.07 Å². The molecule has 1 rings (SSSR count). The van der Waals surface area contributed by atoms with E-state index in [1.165, 1.54) is 12.3 Å². The van der Waals surface area contributed by atoms with E-state index in [4.69, 9.17) is 15.3 Å². The largest absolute Gasteiger partial charge is 0.492 e. The minimum Gasteiger partial charge on any atom is -0.423 e. The van der Waals surface area contributed by atoms with E-state index in [2.05, 4.69) is 4.98 Å². The van der Waals surface area contributed by atoms with Crippen LogP contribution in [0.2, 0.25) is 0 Å². The third-order valence-corrected chi connectivity index (χ3v) is 1.51. The Morgan fingerprint density at radius 2 is 2.31 bits per heavy atom. The molecule has 64 valence electrons. The molecule has 0 fully saturated rings. The van der Waals surface area contributed by atoms with E-state index >= 15 is 0 Å². The van der Waals surface area contributed by atoms with Crippen molar-refractivity contribution in [2.75, 3.05) is 0 Å². The van der Waals surface area contributed by atoms with Gasteiger partial charge < -0.3 is 10.0 Å². The van der Waals surface area contributed by atoms with Crippen LogP contribution in [-0.2, 0) is 0 Å². The Balaban J connectivity index is 3.40. The van der Waals surface area contributed by atoms with Crippen molar-refractivity contribution in [3.8, 4) is 6.07 Å². The number of rotatable bonds is 2. The minimum atomic E-state index is -1.86. The first-order valence-corrected chi connectivity index (χ1v) is 3.41. The van der Waals surface area contributed by atoms with Gasteiger partial charge in [0.25, 0.3) is 0 Å². The lowest BCUT2D eigenvalue weighted by Gasteiger charge is -2.03. The maximum absolute atomic E-state index is 10.4. The van der Waals surface area contributed by atoms with Crippen molar-refractivity contribution in [2.24, 2.45) is 0 Å². The van der Waals surface area contributed by atoms with Crippen LogP contribution in [0.5, 0.6) is 0 Å². The van der Waals surface area contributed by atoms with Crippen LogP contribution in [0.4, 0.5) is 0 Å². The molecular weight excluding hydrogens is 171 g/mol. The van der Waals surface area contributed by atoms with Gasteiger partial charge in [0.2, 0.25) is 0 Å². The lowest BCUT2D eigenvalue weighted by Crippen LogP contribution is -2.36. The molecule has 0 aliphatic carbocycles. The van der Waals surface area contributed by atoms with Gasteiger partial charge in [0.05, 0.1) is 11.6 Å². The van der Waals surface area contributed by atoms with Crippen molar-refractivity contribution in [1.82, 2.24) is 4.98 Å². The molecule has 0 atom stereocenters. The fraction of sp³-hybridized carbons (Fsp3) is 0. The monoisotopic (exact) mass is 176 g/mol. The number of pyridine rings is 1. The summed E-state index contributed by atoms with van der Waals surface area (Å²) in [5, 5.41) is 26.3. The third kappa shape index (κ3) is 1.72. The molecule has 5 nitrogen and oxygen atoms in total. The Morgan fingerprint density at radius 3 is 2.77 bits per heavy atom. The van der Waals surface area contributed by atoms with Crippen molar-refractivity contribution >= 4 is 18.9 Å². The highest BCUT2D eigenvalue weighted by atomic mass is 16.4. The van der Waals surface area contributed by atoms with Crippen LogP contribution in [0.15, 0.2) is 12.3 Å². The first kappa shape index (κ1) is 9.38. The van der Waals surface area contributed by atoms with Crippen LogP contribution in [0.1, 0.15) is 16.1 Å². The van der Waals surface area contributed by atoms with Crippen LogP contribution in [0.25, 0.3) is 0 Å². The summed E-state index contributed by atoms with van der Waals surface area (Å²) in [5.41, 5.74) is -0.249. The molecule has 0 unspecified atom stereocenters. The molecule has 0 spiro atoms. The van der Waals surface area contributed by atoms with Gasteiger partial charge in [-0.2, -0.15) is 5.26 Å². The zero-order chi connectivity index (χ0) is 9.84. The maximum Gasteiger partial charge on any atom is 0.492 e. The lowest BCUT2D eigenvalue weighted by molar-refractivity contribution is 0.111. The fourth-order valence-electron chi connectivity index (χ4n) is 0.952. The predicted octanol–water partition coefficient (Wildman–Crippen LogP) is -1.55. The summed E-state index contributed by atoms with van der Waals surface area (Å²) >= 11 is 0. The Bertz CT molecular complexity index is 372. The molecule has 1 aromatic heterocycles. The number of nitrogens with zero attached hydrogens (tertiary/aromatic N) is 2. The van der Waals surface area contributed by atoms with Crippen LogP contribution in [0, 0.1) is 11.3 Å². The summed E-state index contributed by atoms with van der Waals surface area (Å²) in [6, 6.07) is 3.04. The van der Waals surface area contributed by atoms with E-state index < -0.39 is 7.12 Å². The zero-order valence-corrected chi connectivity index (χ0v) is 6.51. The first-order valence-electron chi connectivity index (χ1n) is 3.41. The molecular formula is C7H5BN2O3. The van der Waals surface area contributed by atoms with Crippen LogP contribution in [0.3, 0.4) is 0 Å². The number of hydrogen-bond acceptors (Lipinski definition) is 5. The van der Waals surface area contributed by atoms with Gasteiger partial charge in [-0.3, -0.25) is 9.78 Å². The van der Waals surface area contributed by atoms with Gasteiger partial charge >= 0.3 is 7.12 Å². The second-order valence-electron chi connectivity index (χ2n) is 2.26. The molecule has 0 aliphatic rings. The lowest BCUT2D eigenvalue weighted by atomic mass is 9.76. The van der Waals surface area contributed by atoms with Crippen molar-refractivity contribution in [3.63, 3.8) is 0 Å². The number of nitriles is 1. The molecule has 1 aromatic rings. The number of carbonyl (C=O) groups is 1. The number of hydrogen-bond donors (Lipinski definition) is 2. The molecule has 0 bridgehead atoms. The SMILES string of the molecule is N#Cc1ccnc(C=O)c1B(O)O. The highest BCUT2D eigenvalue weighted by Gasteiger charge is 2.20. The number of carbonyl (C=O) groups excluding carboxylic acids is 1. The van der Waals surface area contributed by atoms with Crippen molar-refractivity contribution in [3.05, 3.63) is 23.5 Å². The normalized spacial score (nSPS) is 9.00. The average Bonchev–Trinajstić information content (AvgIpc) is 2.16. The molecule has 6 heteroatoms. The summed E-state index contributed by atoms with van der Waals surface area (Å²) in [6.07, 6.45) is 1.63. The molecule has 0 saturated heterocycles. The molecule has 0 saturated carbocycles. The van der Waals surface area contributed by atoms with E-state index in [0.29, 0.717) is 6.29 Å². The first-order chi connectivity index (χ1) is 6.20. The highest BCUT2D eigenvalue weighted by Crippen LogP contribution is 1.96. The Hall–Kier alpha value is -1.71. The highest BCUT2D eigenvalue weighted by molar-refractivity contribution is 6.60. The van der Waals surface area contributed by atoms with E-state index in [-0.39, 0.29) is 16.7 Å².